The number of likely N-dealkylation sites (N-methyl/N-ethyl adjacent to an activating group) is 1. The fourth-order valence-corrected chi connectivity index (χ4v) is 1.69. The Hall–Kier alpha value is -1.30. The van der Waals surface area contributed by atoms with Crippen molar-refractivity contribution in [1.82, 2.24) is 10.6 Å². The number of carbonyl (C=O) groups is 1. The number of amides is 1. The highest BCUT2D eigenvalue weighted by Crippen LogP contribution is 2.20. The third-order valence-corrected chi connectivity index (χ3v) is 3.04. The molecule has 0 aliphatic heterocycles. The Morgan fingerprint density at radius 2 is 2.25 bits per heavy atom. The number of aryl methyl sites for hydroxylation is 1. The van der Waals surface area contributed by atoms with Gasteiger partial charge in [-0.2, -0.15) is 0 Å². The van der Waals surface area contributed by atoms with Gasteiger partial charge in [0.15, 0.2) is 0 Å². The summed E-state index contributed by atoms with van der Waals surface area (Å²) in [6.07, 6.45) is -0.680. The van der Waals surface area contributed by atoms with Gasteiger partial charge in [-0.1, -0.05) is 11.6 Å². The van der Waals surface area contributed by atoms with E-state index in [1.54, 1.807) is 12.1 Å². The van der Waals surface area contributed by atoms with Gasteiger partial charge >= 0.3 is 0 Å². The first kappa shape index (κ1) is 16.8. The van der Waals surface area contributed by atoms with Crippen molar-refractivity contribution in [3.8, 4) is 5.75 Å². The standard InChI is InChI=1S/C14H21ClN2O3/c1-3-17-14(19)8-16-7-11(18)9-20-12-4-5-13(15)10(2)6-12/h4-6,11,16,18H,3,7-9H2,1-2H3,(H,17,19). The summed E-state index contributed by atoms with van der Waals surface area (Å²) in [4.78, 5) is 11.2. The zero-order chi connectivity index (χ0) is 15.0. The molecule has 0 aliphatic carbocycles. The van der Waals surface area contributed by atoms with Crippen LogP contribution in [0.1, 0.15) is 12.5 Å². The zero-order valence-corrected chi connectivity index (χ0v) is 12.5. The van der Waals surface area contributed by atoms with E-state index in [0.29, 0.717) is 23.9 Å². The van der Waals surface area contributed by atoms with E-state index in [2.05, 4.69) is 10.6 Å². The number of benzene rings is 1. The molecule has 0 bridgehead atoms. The molecule has 0 spiro atoms. The van der Waals surface area contributed by atoms with E-state index in [1.165, 1.54) is 0 Å². The predicted octanol–water partition coefficient (Wildman–Crippen LogP) is 1.11. The van der Waals surface area contributed by atoms with Crippen LogP contribution >= 0.6 is 11.6 Å². The maximum atomic E-state index is 11.2. The molecule has 0 radical (unpaired) electrons. The van der Waals surface area contributed by atoms with Gasteiger partial charge in [0.25, 0.3) is 0 Å². The van der Waals surface area contributed by atoms with Crippen molar-refractivity contribution in [2.24, 2.45) is 0 Å². The van der Waals surface area contributed by atoms with Crippen molar-refractivity contribution < 1.29 is 14.6 Å². The van der Waals surface area contributed by atoms with Crippen LogP contribution in [0.2, 0.25) is 5.02 Å². The number of aliphatic hydroxyl groups excluding tert-OH is 1. The lowest BCUT2D eigenvalue weighted by molar-refractivity contribution is -0.120. The number of hydrogen-bond acceptors (Lipinski definition) is 4. The highest BCUT2D eigenvalue weighted by atomic mass is 35.5. The van der Waals surface area contributed by atoms with E-state index in [9.17, 15) is 9.90 Å². The minimum atomic E-state index is -0.680. The third kappa shape index (κ3) is 6.23. The fourth-order valence-electron chi connectivity index (χ4n) is 1.57. The molecule has 1 amide bonds. The molecule has 1 aromatic carbocycles. The topological polar surface area (TPSA) is 70.6 Å². The lowest BCUT2D eigenvalue weighted by atomic mass is 10.2. The molecule has 0 saturated carbocycles. The number of ether oxygens (including phenoxy) is 1. The molecule has 1 aromatic rings. The quantitative estimate of drug-likeness (QED) is 0.673. The Morgan fingerprint density at radius 1 is 1.50 bits per heavy atom. The molecule has 0 fully saturated rings. The molecule has 3 N–H and O–H groups in total. The van der Waals surface area contributed by atoms with Gasteiger partial charge in [-0.15, -0.1) is 0 Å². The molecule has 0 aromatic heterocycles. The number of hydrogen-bond donors (Lipinski definition) is 3. The summed E-state index contributed by atoms with van der Waals surface area (Å²) in [6.45, 7) is 4.98. The van der Waals surface area contributed by atoms with E-state index in [0.717, 1.165) is 5.56 Å². The number of nitrogens with one attached hydrogen (secondary N) is 2. The monoisotopic (exact) mass is 300 g/mol. The Kier molecular flexibility index (Phi) is 7.36. The van der Waals surface area contributed by atoms with Gasteiger partial charge in [-0.3, -0.25) is 4.79 Å². The van der Waals surface area contributed by atoms with Crippen LogP contribution in [0.4, 0.5) is 0 Å². The number of carbonyl (C=O) groups excluding carboxylic acids is 1. The molecule has 5 nitrogen and oxygen atoms in total. The second-order valence-electron chi connectivity index (χ2n) is 4.46. The Labute approximate surface area is 124 Å². The van der Waals surface area contributed by atoms with Crippen molar-refractivity contribution >= 4 is 17.5 Å². The first-order valence-corrected chi connectivity index (χ1v) is 6.95. The smallest absolute Gasteiger partial charge is 0.233 e. The van der Waals surface area contributed by atoms with E-state index in [1.807, 2.05) is 19.9 Å². The molecular weight excluding hydrogens is 280 g/mol. The van der Waals surface area contributed by atoms with E-state index in [-0.39, 0.29) is 19.1 Å². The minimum absolute atomic E-state index is 0.0889. The number of halogens is 1. The van der Waals surface area contributed by atoms with Crippen LogP contribution in [0, 0.1) is 6.92 Å². The average Bonchev–Trinajstić information content (AvgIpc) is 2.40. The summed E-state index contributed by atoms with van der Waals surface area (Å²) in [5, 5.41) is 15.9. The third-order valence-electron chi connectivity index (χ3n) is 2.61. The van der Waals surface area contributed by atoms with E-state index < -0.39 is 6.10 Å². The van der Waals surface area contributed by atoms with E-state index >= 15 is 0 Å². The number of rotatable bonds is 8. The maximum absolute atomic E-state index is 11.2. The van der Waals surface area contributed by atoms with Gasteiger partial charge < -0.3 is 20.5 Å². The summed E-state index contributed by atoms with van der Waals surface area (Å²) in [5.74, 6) is 0.573. The van der Waals surface area contributed by atoms with Crippen molar-refractivity contribution in [2.45, 2.75) is 20.0 Å². The Morgan fingerprint density at radius 3 is 2.90 bits per heavy atom. The average molecular weight is 301 g/mol. The van der Waals surface area contributed by atoms with E-state index in [4.69, 9.17) is 16.3 Å². The van der Waals surface area contributed by atoms with Crippen LogP contribution in [0.5, 0.6) is 5.75 Å². The largest absolute Gasteiger partial charge is 0.491 e. The second kappa shape index (κ2) is 8.79. The van der Waals surface area contributed by atoms with Crippen LogP contribution in [0.25, 0.3) is 0 Å². The normalized spacial score (nSPS) is 12.0. The van der Waals surface area contributed by atoms with Gasteiger partial charge in [-0.25, -0.2) is 0 Å². The van der Waals surface area contributed by atoms with Crippen LogP contribution in [0.15, 0.2) is 18.2 Å². The lowest BCUT2D eigenvalue weighted by Crippen LogP contribution is -2.38. The summed E-state index contributed by atoms with van der Waals surface area (Å²) in [6, 6.07) is 5.33. The molecule has 0 saturated heterocycles. The lowest BCUT2D eigenvalue weighted by Gasteiger charge is -2.13. The summed E-state index contributed by atoms with van der Waals surface area (Å²) < 4.78 is 5.46. The van der Waals surface area contributed by atoms with Gasteiger partial charge in [0.2, 0.25) is 5.91 Å². The van der Waals surface area contributed by atoms with Crippen molar-refractivity contribution in [2.75, 3.05) is 26.2 Å². The number of aliphatic hydroxyl groups is 1. The molecule has 112 valence electrons. The van der Waals surface area contributed by atoms with Crippen molar-refractivity contribution in [3.63, 3.8) is 0 Å². The molecule has 20 heavy (non-hydrogen) atoms. The molecule has 0 heterocycles. The summed E-state index contributed by atoms with van der Waals surface area (Å²) in [7, 11) is 0. The predicted molar refractivity (Wildman–Crippen MR) is 79.2 cm³/mol. The molecule has 1 unspecified atom stereocenters. The SMILES string of the molecule is CCNC(=O)CNCC(O)COc1ccc(Cl)c(C)c1. The molecule has 1 atom stereocenters. The highest BCUT2D eigenvalue weighted by molar-refractivity contribution is 6.31. The van der Waals surface area contributed by atoms with Crippen molar-refractivity contribution in [3.05, 3.63) is 28.8 Å². The second-order valence-corrected chi connectivity index (χ2v) is 4.87. The van der Waals surface area contributed by atoms with Crippen LogP contribution < -0.4 is 15.4 Å². The van der Waals surface area contributed by atoms with Crippen LogP contribution in [-0.2, 0) is 4.79 Å². The van der Waals surface area contributed by atoms with Gasteiger partial charge in [0, 0.05) is 18.1 Å². The maximum Gasteiger partial charge on any atom is 0.233 e. The first-order chi connectivity index (χ1) is 9.52. The van der Waals surface area contributed by atoms with Crippen molar-refractivity contribution in [1.29, 1.82) is 0 Å². The molecule has 1 rings (SSSR count). The van der Waals surface area contributed by atoms with Gasteiger partial charge in [0.05, 0.1) is 6.54 Å². The molecular formula is C14H21ClN2O3. The summed E-state index contributed by atoms with van der Waals surface area (Å²) in [5.41, 5.74) is 0.924. The minimum Gasteiger partial charge on any atom is -0.491 e. The van der Waals surface area contributed by atoms with Gasteiger partial charge in [-0.05, 0) is 37.6 Å². The van der Waals surface area contributed by atoms with Gasteiger partial charge in [0.1, 0.15) is 18.5 Å². The zero-order valence-electron chi connectivity index (χ0n) is 11.8. The van der Waals surface area contributed by atoms with Crippen LogP contribution in [-0.4, -0.2) is 43.4 Å². The highest BCUT2D eigenvalue weighted by Gasteiger charge is 2.07. The molecule has 6 heteroatoms. The molecule has 0 aliphatic rings. The first-order valence-electron chi connectivity index (χ1n) is 6.57. The Balaban J connectivity index is 2.24. The fraction of sp³-hybridized carbons (Fsp3) is 0.500. The Bertz CT molecular complexity index is 440. The van der Waals surface area contributed by atoms with Crippen LogP contribution in [0.3, 0.4) is 0 Å². The summed E-state index contributed by atoms with van der Waals surface area (Å²) >= 11 is 5.91.